The van der Waals surface area contributed by atoms with Crippen molar-refractivity contribution in [3.63, 3.8) is 0 Å². The highest BCUT2D eigenvalue weighted by atomic mass is 19.1. The average molecular weight is 316 g/mol. The number of carbonyl (C=O) groups is 2. The Balaban J connectivity index is 1.69. The van der Waals surface area contributed by atoms with Gasteiger partial charge in [0.1, 0.15) is 5.82 Å². The zero-order valence-electron chi connectivity index (χ0n) is 12.7. The summed E-state index contributed by atoms with van der Waals surface area (Å²) in [5.41, 5.74) is 0.0903. The minimum Gasteiger partial charge on any atom is -0.336 e. The first kappa shape index (κ1) is 15.2. The third-order valence-electron chi connectivity index (χ3n) is 3.84. The van der Waals surface area contributed by atoms with Gasteiger partial charge < -0.3 is 10.2 Å². The van der Waals surface area contributed by atoms with Gasteiger partial charge >= 0.3 is 0 Å². The van der Waals surface area contributed by atoms with Crippen molar-refractivity contribution >= 4 is 17.6 Å². The van der Waals surface area contributed by atoms with Gasteiger partial charge in [-0.1, -0.05) is 12.1 Å². The second-order valence-corrected chi connectivity index (χ2v) is 5.54. The fourth-order valence-corrected chi connectivity index (χ4v) is 2.74. The van der Waals surface area contributed by atoms with Crippen LogP contribution in [-0.2, 0) is 4.79 Å². The van der Waals surface area contributed by atoms with E-state index < -0.39 is 5.82 Å². The Morgan fingerprint density at radius 3 is 2.83 bits per heavy atom. The number of anilines is 1. The predicted octanol–water partition coefficient (Wildman–Crippen LogP) is 2.07. The molecule has 0 unspecified atom stereocenters. The molecule has 0 radical (unpaired) electrons. The van der Waals surface area contributed by atoms with Crippen LogP contribution in [0.25, 0.3) is 0 Å². The van der Waals surface area contributed by atoms with Crippen molar-refractivity contribution in [3.8, 4) is 0 Å². The zero-order chi connectivity index (χ0) is 16.4. The summed E-state index contributed by atoms with van der Waals surface area (Å²) >= 11 is 0. The lowest BCUT2D eigenvalue weighted by Gasteiger charge is -2.17. The van der Waals surface area contributed by atoms with Crippen LogP contribution in [0.3, 0.4) is 0 Å². The zero-order valence-corrected chi connectivity index (χ0v) is 12.7. The molecule has 1 aliphatic heterocycles. The van der Waals surface area contributed by atoms with Crippen molar-refractivity contribution in [1.29, 1.82) is 0 Å². The number of hydrogen-bond acceptors (Lipinski definition) is 3. The van der Waals surface area contributed by atoms with Crippen LogP contribution < -0.4 is 5.32 Å². The summed E-state index contributed by atoms with van der Waals surface area (Å²) in [6.45, 7) is 2.44. The van der Waals surface area contributed by atoms with Crippen molar-refractivity contribution in [1.82, 2.24) is 14.7 Å². The largest absolute Gasteiger partial charge is 0.336 e. The van der Waals surface area contributed by atoms with E-state index in [1.54, 1.807) is 34.0 Å². The van der Waals surface area contributed by atoms with Gasteiger partial charge in [0.05, 0.1) is 11.6 Å². The van der Waals surface area contributed by atoms with E-state index in [0.29, 0.717) is 18.9 Å². The SMILES string of the molecule is CC(=O)Nc1ccn([C@H]2CCN(C(=O)c3ccccc3F)C2)n1. The van der Waals surface area contributed by atoms with Crippen LogP contribution in [-0.4, -0.2) is 39.6 Å². The summed E-state index contributed by atoms with van der Waals surface area (Å²) in [5.74, 6) is -0.512. The van der Waals surface area contributed by atoms with Gasteiger partial charge in [0.25, 0.3) is 5.91 Å². The van der Waals surface area contributed by atoms with Crippen molar-refractivity contribution in [2.75, 3.05) is 18.4 Å². The summed E-state index contributed by atoms with van der Waals surface area (Å²) in [4.78, 5) is 25.0. The third-order valence-corrected chi connectivity index (χ3v) is 3.84. The number of halogens is 1. The molecule has 2 heterocycles. The molecule has 1 aromatic carbocycles. The first-order chi connectivity index (χ1) is 11.0. The van der Waals surface area contributed by atoms with Gasteiger partial charge in [-0.05, 0) is 18.6 Å². The van der Waals surface area contributed by atoms with E-state index in [9.17, 15) is 14.0 Å². The van der Waals surface area contributed by atoms with Crippen LogP contribution in [0.4, 0.5) is 10.2 Å². The lowest BCUT2D eigenvalue weighted by molar-refractivity contribution is -0.114. The number of likely N-dealkylation sites (tertiary alicyclic amines) is 1. The molecule has 23 heavy (non-hydrogen) atoms. The van der Waals surface area contributed by atoms with Gasteiger partial charge in [-0.15, -0.1) is 0 Å². The number of rotatable bonds is 3. The normalized spacial score (nSPS) is 17.3. The van der Waals surface area contributed by atoms with Gasteiger partial charge in [-0.2, -0.15) is 5.10 Å². The van der Waals surface area contributed by atoms with Gasteiger partial charge in [-0.3, -0.25) is 14.3 Å². The third kappa shape index (κ3) is 3.23. The van der Waals surface area contributed by atoms with Crippen LogP contribution in [0.5, 0.6) is 0 Å². The van der Waals surface area contributed by atoms with Gasteiger partial charge in [0, 0.05) is 32.3 Å². The molecular weight excluding hydrogens is 299 g/mol. The maximum atomic E-state index is 13.7. The molecule has 0 bridgehead atoms. The monoisotopic (exact) mass is 316 g/mol. The van der Waals surface area contributed by atoms with Crippen molar-refractivity contribution < 1.29 is 14.0 Å². The smallest absolute Gasteiger partial charge is 0.256 e. The Morgan fingerprint density at radius 1 is 1.30 bits per heavy atom. The fourth-order valence-electron chi connectivity index (χ4n) is 2.74. The molecule has 1 atom stereocenters. The van der Waals surface area contributed by atoms with Gasteiger partial charge in [0.2, 0.25) is 5.91 Å². The van der Waals surface area contributed by atoms with Gasteiger partial charge in [-0.25, -0.2) is 4.39 Å². The van der Waals surface area contributed by atoms with E-state index in [-0.39, 0.29) is 23.4 Å². The van der Waals surface area contributed by atoms with E-state index >= 15 is 0 Å². The highest BCUT2D eigenvalue weighted by Crippen LogP contribution is 2.24. The molecule has 1 fully saturated rings. The number of benzene rings is 1. The Labute approximate surface area is 132 Å². The van der Waals surface area contributed by atoms with Crippen LogP contribution in [0.2, 0.25) is 0 Å². The van der Waals surface area contributed by atoms with E-state index in [1.165, 1.54) is 19.1 Å². The Morgan fingerprint density at radius 2 is 2.09 bits per heavy atom. The standard InChI is InChI=1S/C16H17FN4O2/c1-11(22)18-15-7-9-21(19-15)12-6-8-20(10-12)16(23)13-4-2-3-5-14(13)17/h2-5,7,9,12H,6,8,10H2,1H3,(H,18,19,22)/t12-/m0/s1. The minimum absolute atomic E-state index is 0.0215. The molecule has 7 heteroatoms. The molecule has 1 aromatic heterocycles. The Bertz CT molecular complexity index is 743. The molecule has 0 saturated carbocycles. The lowest BCUT2D eigenvalue weighted by Crippen LogP contribution is -2.29. The van der Waals surface area contributed by atoms with Crippen LogP contribution in [0.1, 0.15) is 29.7 Å². The number of carbonyl (C=O) groups excluding carboxylic acids is 2. The molecule has 1 saturated heterocycles. The lowest BCUT2D eigenvalue weighted by atomic mass is 10.2. The summed E-state index contributed by atoms with van der Waals surface area (Å²) < 4.78 is 15.5. The van der Waals surface area contributed by atoms with E-state index in [1.807, 2.05) is 0 Å². The number of aromatic nitrogens is 2. The molecule has 2 aromatic rings. The first-order valence-electron chi connectivity index (χ1n) is 7.41. The Hall–Kier alpha value is -2.70. The van der Waals surface area contributed by atoms with Crippen LogP contribution >= 0.6 is 0 Å². The number of hydrogen-bond donors (Lipinski definition) is 1. The van der Waals surface area contributed by atoms with Gasteiger partial charge in [0.15, 0.2) is 5.82 Å². The maximum absolute atomic E-state index is 13.7. The fraction of sp³-hybridized carbons (Fsp3) is 0.312. The summed E-state index contributed by atoms with van der Waals surface area (Å²) in [5, 5.41) is 6.90. The first-order valence-corrected chi connectivity index (χ1v) is 7.41. The highest BCUT2D eigenvalue weighted by molar-refractivity contribution is 5.94. The molecule has 0 spiro atoms. The summed E-state index contributed by atoms with van der Waals surface area (Å²) in [6.07, 6.45) is 2.51. The van der Waals surface area contributed by atoms with Crippen molar-refractivity contribution in [2.45, 2.75) is 19.4 Å². The van der Waals surface area contributed by atoms with E-state index in [2.05, 4.69) is 10.4 Å². The Kier molecular flexibility index (Phi) is 4.10. The maximum Gasteiger partial charge on any atom is 0.256 e. The molecular formula is C16H17FN4O2. The summed E-state index contributed by atoms with van der Waals surface area (Å²) in [7, 11) is 0. The highest BCUT2D eigenvalue weighted by Gasteiger charge is 2.29. The van der Waals surface area contributed by atoms with E-state index in [4.69, 9.17) is 0 Å². The molecule has 3 rings (SSSR count). The average Bonchev–Trinajstić information content (AvgIpc) is 3.15. The van der Waals surface area contributed by atoms with Crippen molar-refractivity contribution in [3.05, 3.63) is 47.9 Å². The van der Waals surface area contributed by atoms with Crippen LogP contribution in [0.15, 0.2) is 36.5 Å². The quantitative estimate of drug-likeness (QED) is 0.942. The molecule has 0 aliphatic carbocycles. The molecule has 1 aliphatic rings. The minimum atomic E-state index is -0.506. The second-order valence-electron chi connectivity index (χ2n) is 5.54. The van der Waals surface area contributed by atoms with Crippen molar-refractivity contribution in [2.24, 2.45) is 0 Å². The molecule has 1 N–H and O–H groups in total. The number of nitrogens with one attached hydrogen (secondary N) is 1. The second kappa shape index (κ2) is 6.20. The number of nitrogens with zero attached hydrogens (tertiary/aromatic N) is 3. The summed E-state index contributed by atoms with van der Waals surface area (Å²) in [6, 6.07) is 7.72. The molecule has 2 amide bonds. The number of amides is 2. The molecule has 120 valence electrons. The molecule has 6 nitrogen and oxygen atoms in total. The topological polar surface area (TPSA) is 67.2 Å². The predicted molar refractivity (Wildman–Crippen MR) is 82.5 cm³/mol. The van der Waals surface area contributed by atoms with E-state index in [0.717, 1.165) is 6.42 Å². The van der Waals surface area contributed by atoms with Crippen LogP contribution in [0, 0.1) is 5.82 Å².